The lowest BCUT2D eigenvalue weighted by Gasteiger charge is -2.11. The molecule has 7 heteroatoms. The number of amides is 1. The molecular formula is C14H12Cl2N2O3. The molecule has 5 nitrogen and oxygen atoms in total. The molecule has 0 atom stereocenters. The number of hydrogen-bond acceptors (Lipinski definition) is 2. The molecule has 2 rings (SSSR count). The van der Waals surface area contributed by atoms with Crippen LogP contribution in [0.2, 0.25) is 10.0 Å². The number of nitrogens with one attached hydrogen (secondary N) is 1. The summed E-state index contributed by atoms with van der Waals surface area (Å²) in [4.78, 5) is 23.5. The minimum Gasteiger partial charge on any atom is -0.478 e. The summed E-state index contributed by atoms with van der Waals surface area (Å²) in [5.74, 6) is -1.64. The van der Waals surface area contributed by atoms with Crippen LogP contribution >= 0.6 is 23.2 Å². The van der Waals surface area contributed by atoms with Crippen LogP contribution in [0.5, 0.6) is 0 Å². The summed E-state index contributed by atoms with van der Waals surface area (Å²) in [5.41, 5.74) is 0.326. The summed E-state index contributed by atoms with van der Waals surface area (Å²) in [6, 6.07) is 5.90. The Labute approximate surface area is 131 Å². The van der Waals surface area contributed by atoms with Gasteiger partial charge in [-0.3, -0.25) is 4.79 Å². The fourth-order valence-corrected chi connectivity index (χ4v) is 2.38. The van der Waals surface area contributed by atoms with Gasteiger partial charge in [0, 0.05) is 12.7 Å². The Morgan fingerprint density at radius 3 is 2.67 bits per heavy atom. The topological polar surface area (TPSA) is 71.3 Å². The molecule has 2 N–H and O–H groups in total. The second-order valence-corrected chi connectivity index (χ2v) is 5.09. The number of carboxylic acid groups (broad SMARTS) is 1. The molecule has 0 unspecified atom stereocenters. The molecule has 1 heterocycles. The van der Waals surface area contributed by atoms with Crippen molar-refractivity contribution in [2.45, 2.75) is 13.5 Å². The van der Waals surface area contributed by atoms with Crippen LogP contribution in [0.1, 0.15) is 27.8 Å². The van der Waals surface area contributed by atoms with Gasteiger partial charge in [0.2, 0.25) is 0 Å². The number of anilines is 1. The van der Waals surface area contributed by atoms with Crippen LogP contribution in [0.3, 0.4) is 0 Å². The predicted octanol–water partition coefficient (Wildman–Crippen LogP) is 3.77. The number of benzene rings is 1. The molecule has 0 fully saturated rings. The molecule has 1 aromatic heterocycles. The number of hydrogen-bond donors (Lipinski definition) is 2. The van der Waals surface area contributed by atoms with Crippen molar-refractivity contribution >= 4 is 40.8 Å². The van der Waals surface area contributed by atoms with E-state index in [-0.39, 0.29) is 16.3 Å². The minimum atomic E-state index is -1.17. The molecular weight excluding hydrogens is 315 g/mol. The Kier molecular flexibility index (Phi) is 4.55. The quantitative estimate of drug-likeness (QED) is 0.898. The summed E-state index contributed by atoms with van der Waals surface area (Å²) in [6.45, 7) is 2.43. The Hall–Kier alpha value is -1.98. The lowest BCUT2D eigenvalue weighted by Crippen LogP contribution is -2.18. The maximum Gasteiger partial charge on any atom is 0.337 e. The van der Waals surface area contributed by atoms with Crippen molar-refractivity contribution in [1.29, 1.82) is 0 Å². The van der Waals surface area contributed by atoms with Gasteiger partial charge in [0.15, 0.2) is 0 Å². The van der Waals surface area contributed by atoms with Gasteiger partial charge in [0.1, 0.15) is 5.69 Å². The van der Waals surface area contributed by atoms with Gasteiger partial charge in [0.25, 0.3) is 5.91 Å². The van der Waals surface area contributed by atoms with Crippen molar-refractivity contribution in [3.8, 4) is 0 Å². The van der Waals surface area contributed by atoms with E-state index in [2.05, 4.69) is 5.32 Å². The highest BCUT2D eigenvalue weighted by molar-refractivity contribution is 6.35. The Bertz CT molecular complexity index is 710. The molecule has 0 spiro atoms. The maximum atomic E-state index is 12.3. The lowest BCUT2D eigenvalue weighted by atomic mass is 10.1. The second kappa shape index (κ2) is 6.20. The molecule has 0 saturated carbocycles. The highest BCUT2D eigenvalue weighted by Crippen LogP contribution is 2.27. The van der Waals surface area contributed by atoms with E-state index in [0.29, 0.717) is 17.3 Å². The number of aromatic carboxylic acids is 1. The number of aromatic nitrogens is 1. The number of carboxylic acids is 1. The number of aryl methyl sites for hydroxylation is 1. The molecule has 2 aromatic rings. The number of halogens is 2. The van der Waals surface area contributed by atoms with Crippen molar-refractivity contribution < 1.29 is 14.7 Å². The maximum absolute atomic E-state index is 12.3. The number of nitrogens with zero attached hydrogens (tertiary/aromatic N) is 1. The Balaban J connectivity index is 2.38. The first-order valence-corrected chi connectivity index (χ1v) is 6.88. The average molecular weight is 327 g/mol. The van der Waals surface area contributed by atoms with Gasteiger partial charge in [0.05, 0.1) is 21.3 Å². The first kappa shape index (κ1) is 15.4. The van der Waals surface area contributed by atoms with Crippen LogP contribution in [-0.4, -0.2) is 21.6 Å². The third-order valence-electron chi connectivity index (χ3n) is 2.92. The first-order valence-electron chi connectivity index (χ1n) is 6.13. The van der Waals surface area contributed by atoms with Crippen LogP contribution in [0.4, 0.5) is 5.69 Å². The molecule has 110 valence electrons. The van der Waals surface area contributed by atoms with Gasteiger partial charge in [-0.15, -0.1) is 0 Å². The van der Waals surface area contributed by atoms with Gasteiger partial charge in [-0.25, -0.2) is 4.79 Å². The Morgan fingerprint density at radius 1 is 1.33 bits per heavy atom. The largest absolute Gasteiger partial charge is 0.478 e. The number of carbonyl (C=O) groups is 2. The van der Waals surface area contributed by atoms with Crippen LogP contribution in [0.25, 0.3) is 0 Å². The molecule has 0 radical (unpaired) electrons. The van der Waals surface area contributed by atoms with E-state index in [1.807, 2.05) is 6.92 Å². The van der Waals surface area contributed by atoms with E-state index in [9.17, 15) is 9.59 Å². The molecule has 0 bridgehead atoms. The van der Waals surface area contributed by atoms with Crippen LogP contribution in [0, 0.1) is 0 Å². The molecule has 0 saturated heterocycles. The van der Waals surface area contributed by atoms with Crippen molar-refractivity contribution in [1.82, 2.24) is 4.57 Å². The second-order valence-electron chi connectivity index (χ2n) is 4.25. The van der Waals surface area contributed by atoms with Crippen molar-refractivity contribution in [3.63, 3.8) is 0 Å². The van der Waals surface area contributed by atoms with E-state index in [0.717, 1.165) is 0 Å². The standard InChI is InChI=1S/C14H12Cl2N2O3/c1-2-18-7-8(15)6-11(18)13(19)17-12-9(14(20)21)4-3-5-10(12)16/h3-7H,2H2,1H3,(H,17,19)(H,20,21). The van der Waals surface area contributed by atoms with E-state index >= 15 is 0 Å². The predicted molar refractivity (Wildman–Crippen MR) is 81.5 cm³/mol. The normalized spacial score (nSPS) is 10.4. The summed E-state index contributed by atoms with van der Waals surface area (Å²) < 4.78 is 1.66. The summed E-state index contributed by atoms with van der Waals surface area (Å²) in [5, 5.41) is 12.3. The SMILES string of the molecule is CCn1cc(Cl)cc1C(=O)Nc1c(Cl)cccc1C(=O)O. The highest BCUT2D eigenvalue weighted by atomic mass is 35.5. The minimum absolute atomic E-state index is 0.0663. The van der Waals surface area contributed by atoms with Gasteiger partial charge >= 0.3 is 5.97 Å². The average Bonchev–Trinajstić information content (AvgIpc) is 2.82. The molecule has 1 aromatic carbocycles. The van der Waals surface area contributed by atoms with Crippen molar-refractivity contribution in [2.24, 2.45) is 0 Å². The highest BCUT2D eigenvalue weighted by Gasteiger charge is 2.18. The zero-order valence-electron chi connectivity index (χ0n) is 11.1. The Morgan fingerprint density at radius 2 is 2.05 bits per heavy atom. The van der Waals surface area contributed by atoms with Crippen molar-refractivity contribution in [3.05, 3.63) is 51.8 Å². The van der Waals surface area contributed by atoms with Crippen LogP contribution < -0.4 is 5.32 Å². The monoisotopic (exact) mass is 326 g/mol. The van der Waals surface area contributed by atoms with E-state index in [1.165, 1.54) is 24.3 Å². The van der Waals surface area contributed by atoms with Crippen molar-refractivity contribution in [2.75, 3.05) is 5.32 Å². The third kappa shape index (κ3) is 3.20. The third-order valence-corrected chi connectivity index (χ3v) is 3.44. The van der Waals surface area contributed by atoms with Gasteiger partial charge < -0.3 is 15.0 Å². The number of rotatable bonds is 4. The molecule has 21 heavy (non-hydrogen) atoms. The van der Waals surface area contributed by atoms with E-state index in [1.54, 1.807) is 10.8 Å². The molecule has 0 aliphatic heterocycles. The number of para-hydroxylation sites is 1. The molecule has 0 aliphatic carbocycles. The van der Waals surface area contributed by atoms with Crippen LogP contribution in [0.15, 0.2) is 30.5 Å². The lowest BCUT2D eigenvalue weighted by molar-refractivity contribution is 0.0698. The smallest absolute Gasteiger partial charge is 0.337 e. The molecule has 1 amide bonds. The van der Waals surface area contributed by atoms with Gasteiger partial charge in [-0.1, -0.05) is 29.3 Å². The van der Waals surface area contributed by atoms with Gasteiger partial charge in [-0.2, -0.15) is 0 Å². The number of carbonyl (C=O) groups excluding carboxylic acids is 1. The van der Waals surface area contributed by atoms with E-state index in [4.69, 9.17) is 28.3 Å². The first-order chi connectivity index (χ1) is 9.93. The fraction of sp³-hybridized carbons (Fsp3) is 0.143. The van der Waals surface area contributed by atoms with E-state index < -0.39 is 11.9 Å². The molecule has 0 aliphatic rings. The zero-order chi connectivity index (χ0) is 15.6. The van der Waals surface area contributed by atoms with Crippen LogP contribution in [-0.2, 0) is 6.54 Å². The summed E-state index contributed by atoms with van der Waals surface area (Å²) in [7, 11) is 0. The van der Waals surface area contributed by atoms with Gasteiger partial charge in [-0.05, 0) is 25.1 Å². The summed E-state index contributed by atoms with van der Waals surface area (Å²) >= 11 is 11.9. The fourth-order valence-electron chi connectivity index (χ4n) is 1.93. The zero-order valence-corrected chi connectivity index (χ0v) is 12.6. The summed E-state index contributed by atoms with van der Waals surface area (Å²) in [6.07, 6.45) is 1.63.